The van der Waals surface area contributed by atoms with Crippen LogP contribution in [-0.4, -0.2) is 46.2 Å². The number of sulfone groups is 2. The molecule has 0 aliphatic heterocycles. The van der Waals surface area contributed by atoms with Crippen molar-refractivity contribution in [3.8, 4) is 11.5 Å². The number of rotatable bonds is 25. The van der Waals surface area contributed by atoms with Gasteiger partial charge in [-0.05, 0) is 104 Å². The van der Waals surface area contributed by atoms with Gasteiger partial charge in [-0.2, -0.15) is 0 Å². The van der Waals surface area contributed by atoms with Crippen LogP contribution in [0.15, 0.2) is 88.7 Å². The summed E-state index contributed by atoms with van der Waals surface area (Å²) in [6, 6.07) is 15.6. The molecule has 5 rings (SSSR count). The van der Waals surface area contributed by atoms with Crippen LogP contribution in [0.5, 0.6) is 11.5 Å². The maximum absolute atomic E-state index is 13.3. The number of esters is 3. The lowest BCUT2D eigenvalue weighted by Gasteiger charge is -2.18. The van der Waals surface area contributed by atoms with Gasteiger partial charge in [0.25, 0.3) is 0 Å². The van der Waals surface area contributed by atoms with E-state index in [0.717, 1.165) is 70.6 Å². The first-order valence-corrected chi connectivity index (χ1v) is 24.8. The average molecular weight is 849 g/mol. The van der Waals surface area contributed by atoms with Crippen molar-refractivity contribution in [1.29, 1.82) is 0 Å². The first-order chi connectivity index (χ1) is 28.4. The molecule has 0 radical (unpaired) electrons. The van der Waals surface area contributed by atoms with Crippen molar-refractivity contribution in [2.45, 2.75) is 133 Å². The highest BCUT2D eigenvalue weighted by atomic mass is 32.2. The lowest BCUT2D eigenvalue weighted by atomic mass is 9.94. The summed E-state index contributed by atoms with van der Waals surface area (Å²) < 4.78 is 68.9. The second-order valence-electron chi connectivity index (χ2n) is 16.0. The van der Waals surface area contributed by atoms with Gasteiger partial charge in [-0.25, -0.2) is 26.4 Å². The van der Waals surface area contributed by atoms with Gasteiger partial charge in [0, 0.05) is 5.56 Å². The Morgan fingerprint density at radius 3 is 1.54 bits per heavy atom. The molecule has 1 saturated carbocycles. The molecule has 320 valence electrons. The summed E-state index contributed by atoms with van der Waals surface area (Å²) in [5.74, 6) is -1.38. The van der Waals surface area contributed by atoms with Crippen molar-refractivity contribution >= 4 is 37.6 Å². The van der Waals surface area contributed by atoms with Crippen LogP contribution in [0.2, 0.25) is 0 Å². The average Bonchev–Trinajstić information content (AvgIpc) is 3.88. The predicted molar refractivity (Wildman–Crippen MR) is 228 cm³/mol. The van der Waals surface area contributed by atoms with Crippen LogP contribution in [0.3, 0.4) is 0 Å². The Kier molecular flexibility index (Phi) is 17.3. The SMILES string of the molecule is CCCCCCCCCS(=O)(=O)c1ccc(C(=O)Oc2ccc(OC(=O)c3ccc(S(=O)(=O)CCCCCCCCC)cc3)c(COC(=O)C3CC4C=CC3C4)c2)cc1. The number of hydrogen-bond acceptors (Lipinski definition) is 10. The van der Waals surface area contributed by atoms with E-state index >= 15 is 0 Å². The van der Waals surface area contributed by atoms with Gasteiger partial charge in [0.2, 0.25) is 0 Å². The Balaban J connectivity index is 1.22. The first kappa shape index (κ1) is 45.8. The quantitative estimate of drug-likeness (QED) is 0.0349. The summed E-state index contributed by atoms with van der Waals surface area (Å²) >= 11 is 0. The molecule has 2 bridgehead atoms. The second kappa shape index (κ2) is 22.4. The van der Waals surface area contributed by atoms with Gasteiger partial charge >= 0.3 is 17.9 Å². The fraction of sp³-hybridized carbons (Fsp3) is 0.511. The van der Waals surface area contributed by atoms with Crippen LogP contribution in [0.1, 0.15) is 143 Å². The molecule has 3 aromatic rings. The molecule has 0 amide bonds. The normalized spacial score (nSPS) is 17.2. The maximum atomic E-state index is 13.3. The zero-order chi connectivity index (χ0) is 42.3. The summed E-state index contributed by atoms with van der Waals surface area (Å²) in [5.41, 5.74) is 0.539. The summed E-state index contributed by atoms with van der Waals surface area (Å²) in [7, 11) is -7.02. The molecular formula is C47H60O10S2. The second-order valence-corrected chi connectivity index (χ2v) is 20.2. The zero-order valence-electron chi connectivity index (χ0n) is 34.6. The molecule has 0 aromatic heterocycles. The molecule has 1 fully saturated rings. The number of benzene rings is 3. The lowest BCUT2D eigenvalue weighted by Crippen LogP contribution is -2.21. The van der Waals surface area contributed by atoms with E-state index in [-0.39, 0.29) is 73.9 Å². The standard InChI is InChI=1S/C47H60O10S2/c1-3-5-7-9-11-13-15-29-58(51,52)41-24-19-36(20-25-41)45(48)56-40-23-28-44(39(33-40)34-55-47(50)43-32-35-17-18-38(43)31-35)57-46(49)37-21-26-42(27-22-37)59(53,54)30-16-14-12-10-8-6-4-2/h17-28,33,35,38,43H,3-16,29-32,34H2,1-2H3. The van der Waals surface area contributed by atoms with Crippen molar-refractivity contribution in [1.82, 2.24) is 0 Å². The molecule has 0 heterocycles. The maximum Gasteiger partial charge on any atom is 0.343 e. The number of fused-ring (bicyclic) bond motifs is 2. The minimum atomic E-state index is -3.52. The summed E-state index contributed by atoms with van der Waals surface area (Å²) in [6.45, 7) is 4.06. The largest absolute Gasteiger partial charge is 0.460 e. The fourth-order valence-corrected chi connectivity index (χ4v) is 10.5. The molecule has 3 atom stereocenters. The van der Waals surface area contributed by atoms with Crippen LogP contribution in [0.25, 0.3) is 0 Å². The van der Waals surface area contributed by atoms with Crippen LogP contribution >= 0.6 is 0 Å². The van der Waals surface area contributed by atoms with Gasteiger partial charge < -0.3 is 14.2 Å². The molecule has 0 spiro atoms. The molecule has 0 N–H and O–H groups in total. The highest BCUT2D eigenvalue weighted by Gasteiger charge is 2.40. The Morgan fingerprint density at radius 2 is 1.07 bits per heavy atom. The summed E-state index contributed by atoms with van der Waals surface area (Å²) in [6.07, 6.45) is 19.9. The number of carbonyl (C=O) groups excluding carboxylic acids is 3. The molecular weight excluding hydrogens is 789 g/mol. The molecule has 3 aromatic carbocycles. The van der Waals surface area contributed by atoms with Gasteiger partial charge in [0.1, 0.15) is 18.1 Å². The Morgan fingerprint density at radius 1 is 0.576 bits per heavy atom. The van der Waals surface area contributed by atoms with E-state index in [1.165, 1.54) is 79.6 Å². The number of carbonyl (C=O) groups is 3. The van der Waals surface area contributed by atoms with E-state index in [4.69, 9.17) is 14.2 Å². The third kappa shape index (κ3) is 13.6. The molecule has 10 nitrogen and oxygen atoms in total. The number of allylic oxidation sites excluding steroid dienone is 2. The Bertz CT molecular complexity index is 2110. The Hall–Kier alpha value is -4.29. The molecule has 2 aliphatic carbocycles. The molecule has 2 aliphatic rings. The van der Waals surface area contributed by atoms with Crippen molar-refractivity contribution in [3.63, 3.8) is 0 Å². The van der Waals surface area contributed by atoms with Crippen LogP contribution < -0.4 is 9.47 Å². The van der Waals surface area contributed by atoms with Gasteiger partial charge in [0.05, 0.1) is 38.3 Å². The topological polar surface area (TPSA) is 147 Å². The first-order valence-electron chi connectivity index (χ1n) is 21.5. The van der Waals surface area contributed by atoms with E-state index in [0.29, 0.717) is 25.2 Å². The van der Waals surface area contributed by atoms with Crippen molar-refractivity contribution in [2.24, 2.45) is 17.8 Å². The lowest BCUT2D eigenvalue weighted by molar-refractivity contribution is -0.150. The van der Waals surface area contributed by atoms with E-state index in [2.05, 4.69) is 26.0 Å². The molecule has 12 heteroatoms. The van der Waals surface area contributed by atoms with Crippen molar-refractivity contribution in [2.75, 3.05) is 11.5 Å². The predicted octanol–water partition coefficient (Wildman–Crippen LogP) is 10.4. The highest BCUT2D eigenvalue weighted by molar-refractivity contribution is 7.91. The molecule has 59 heavy (non-hydrogen) atoms. The van der Waals surface area contributed by atoms with Gasteiger partial charge in [-0.1, -0.05) is 103 Å². The van der Waals surface area contributed by atoms with Crippen molar-refractivity contribution < 1.29 is 45.4 Å². The minimum absolute atomic E-state index is 0.0364. The van der Waals surface area contributed by atoms with Gasteiger partial charge in [-0.15, -0.1) is 0 Å². The highest BCUT2D eigenvalue weighted by Crippen LogP contribution is 2.44. The zero-order valence-corrected chi connectivity index (χ0v) is 36.2. The molecule has 3 unspecified atom stereocenters. The minimum Gasteiger partial charge on any atom is -0.460 e. The summed E-state index contributed by atoms with van der Waals surface area (Å²) in [5, 5.41) is 0. The van der Waals surface area contributed by atoms with Crippen LogP contribution in [-0.2, 0) is 35.8 Å². The van der Waals surface area contributed by atoms with E-state index in [1.807, 2.05) is 0 Å². The number of ether oxygens (including phenoxy) is 3. The van der Waals surface area contributed by atoms with Gasteiger partial charge in [-0.3, -0.25) is 4.79 Å². The fourth-order valence-electron chi connectivity index (χ4n) is 7.79. The van der Waals surface area contributed by atoms with Crippen LogP contribution in [0, 0.1) is 17.8 Å². The Labute approximate surface area is 351 Å². The smallest absolute Gasteiger partial charge is 0.343 e. The third-order valence-electron chi connectivity index (χ3n) is 11.3. The monoisotopic (exact) mass is 848 g/mol. The molecule has 0 saturated heterocycles. The number of hydrogen-bond donors (Lipinski definition) is 0. The number of unbranched alkanes of at least 4 members (excludes halogenated alkanes) is 12. The van der Waals surface area contributed by atoms with E-state index in [9.17, 15) is 31.2 Å². The van der Waals surface area contributed by atoms with Crippen molar-refractivity contribution in [3.05, 3.63) is 95.6 Å². The van der Waals surface area contributed by atoms with E-state index < -0.39 is 31.6 Å². The van der Waals surface area contributed by atoms with Gasteiger partial charge in [0.15, 0.2) is 19.7 Å². The summed E-state index contributed by atoms with van der Waals surface area (Å²) in [4.78, 5) is 39.9. The third-order valence-corrected chi connectivity index (χ3v) is 15.0. The van der Waals surface area contributed by atoms with Crippen LogP contribution in [0.4, 0.5) is 0 Å². The van der Waals surface area contributed by atoms with E-state index in [1.54, 1.807) is 0 Å².